The summed E-state index contributed by atoms with van der Waals surface area (Å²) in [6.45, 7) is 4.42. The Hall–Kier alpha value is -2.30. The molecule has 0 saturated carbocycles. The van der Waals surface area contributed by atoms with Crippen molar-refractivity contribution in [2.75, 3.05) is 13.1 Å². The molecule has 1 saturated heterocycles. The molecule has 4 nitrogen and oxygen atoms in total. The van der Waals surface area contributed by atoms with Gasteiger partial charge in [-0.2, -0.15) is 0 Å². The number of phenols is 1. The van der Waals surface area contributed by atoms with Crippen LogP contribution < -0.4 is 4.74 Å². The van der Waals surface area contributed by atoms with E-state index in [1.807, 2.05) is 19.1 Å². The maximum Gasteiger partial charge on any atom is 0.232 e. The van der Waals surface area contributed by atoms with E-state index in [-0.39, 0.29) is 17.3 Å². The van der Waals surface area contributed by atoms with E-state index in [4.69, 9.17) is 16.3 Å². The molecule has 0 spiro atoms. The van der Waals surface area contributed by atoms with Crippen LogP contribution in [-0.2, 0) is 6.54 Å². The number of carbonyl (C=O) groups is 1. The number of aromatic hydroxyl groups is 1. The number of hydrogen-bond donors (Lipinski definition) is 1. The number of benzene rings is 2. The van der Waals surface area contributed by atoms with Gasteiger partial charge in [-0.25, -0.2) is 0 Å². The van der Waals surface area contributed by atoms with Gasteiger partial charge in [-0.05, 0) is 68.3 Å². The van der Waals surface area contributed by atoms with Gasteiger partial charge in [-0.3, -0.25) is 9.69 Å². The van der Waals surface area contributed by atoms with Crippen LogP contribution in [0.15, 0.2) is 36.1 Å². The molecular formula is C22H22ClNO3. The van der Waals surface area contributed by atoms with E-state index in [1.165, 1.54) is 6.42 Å². The predicted molar refractivity (Wildman–Crippen MR) is 106 cm³/mol. The number of piperidine rings is 1. The van der Waals surface area contributed by atoms with Gasteiger partial charge in [0, 0.05) is 11.6 Å². The molecule has 0 amide bonds. The third kappa shape index (κ3) is 3.60. The third-order valence-electron chi connectivity index (χ3n) is 5.20. The van der Waals surface area contributed by atoms with Crippen molar-refractivity contribution in [3.63, 3.8) is 0 Å². The SMILES string of the molecule is Cc1cc(O)c(CN2CCCCC2)c2c1C(=O)/C(=C/c1cccc(Cl)c1)O2. The van der Waals surface area contributed by atoms with Crippen LogP contribution >= 0.6 is 11.6 Å². The molecule has 0 aromatic heterocycles. The Bertz CT molecular complexity index is 929. The second-order valence-electron chi connectivity index (χ2n) is 7.23. The maximum atomic E-state index is 12.9. The molecule has 0 aliphatic carbocycles. The van der Waals surface area contributed by atoms with Crippen LogP contribution in [0.3, 0.4) is 0 Å². The molecule has 2 aromatic rings. The molecule has 2 heterocycles. The molecule has 0 bridgehead atoms. The van der Waals surface area contributed by atoms with Crippen LogP contribution in [0.4, 0.5) is 0 Å². The average Bonchev–Trinajstić information content (AvgIpc) is 2.96. The second kappa shape index (κ2) is 7.37. The van der Waals surface area contributed by atoms with Gasteiger partial charge in [0.2, 0.25) is 5.78 Å². The summed E-state index contributed by atoms with van der Waals surface area (Å²) in [4.78, 5) is 15.2. The van der Waals surface area contributed by atoms with Gasteiger partial charge in [0.1, 0.15) is 11.5 Å². The zero-order chi connectivity index (χ0) is 19.0. The summed E-state index contributed by atoms with van der Waals surface area (Å²) in [7, 11) is 0. The van der Waals surface area contributed by atoms with Gasteiger partial charge in [0.05, 0.1) is 11.1 Å². The van der Waals surface area contributed by atoms with Crippen molar-refractivity contribution in [1.82, 2.24) is 4.90 Å². The smallest absolute Gasteiger partial charge is 0.232 e. The number of carbonyl (C=O) groups excluding carboxylic acids is 1. The normalized spacial score (nSPS) is 18.6. The molecule has 1 N–H and O–H groups in total. The van der Waals surface area contributed by atoms with Gasteiger partial charge < -0.3 is 9.84 Å². The lowest BCUT2D eigenvalue weighted by Gasteiger charge is -2.27. The highest BCUT2D eigenvalue weighted by atomic mass is 35.5. The molecule has 2 aromatic carbocycles. The molecule has 4 rings (SSSR count). The Labute approximate surface area is 164 Å². The number of likely N-dealkylation sites (tertiary alicyclic amines) is 1. The summed E-state index contributed by atoms with van der Waals surface area (Å²) < 4.78 is 5.98. The summed E-state index contributed by atoms with van der Waals surface area (Å²) in [5.41, 5.74) is 2.77. The number of Topliss-reactive ketones (excluding diaryl/α,β-unsaturated/α-hetero) is 1. The molecule has 1 fully saturated rings. The molecule has 0 radical (unpaired) electrons. The Balaban J connectivity index is 1.71. The highest BCUT2D eigenvalue weighted by molar-refractivity contribution is 6.30. The van der Waals surface area contributed by atoms with Crippen LogP contribution in [-0.4, -0.2) is 28.9 Å². The molecule has 140 valence electrons. The van der Waals surface area contributed by atoms with Crippen LogP contribution in [0.5, 0.6) is 11.5 Å². The van der Waals surface area contributed by atoms with Gasteiger partial charge in [-0.15, -0.1) is 0 Å². The van der Waals surface area contributed by atoms with Gasteiger partial charge in [0.25, 0.3) is 0 Å². The summed E-state index contributed by atoms with van der Waals surface area (Å²) in [6.07, 6.45) is 5.27. The summed E-state index contributed by atoms with van der Waals surface area (Å²) in [5, 5.41) is 11.1. The minimum absolute atomic E-state index is 0.151. The summed E-state index contributed by atoms with van der Waals surface area (Å²) >= 11 is 6.04. The first-order valence-corrected chi connectivity index (χ1v) is 9.68. The van der Waals surface area contributed by atoms with Crippen molar-refractivity contribution < 1.29 is 14.6 Å². The van der Waals surface area contributed by atoms with E-state index in [0.29, 0.717) is 28.4 Å². The van der Waals surface area contributed by atoms with Crippen LogP contribution in [0, 0.1) is 6.92 Å². The van der Waals surface area contributed by atoms with E-state index in [1.54, 1.807) is 24.3 Å². The van der Waals surface area contributed by atoms with Crippen molar-refractivity contribution in [3.8, 4) is 11.5 Å². The standard InChI is InChI=1S/C22H22ClNO3/c1-14-10-18(25)17(13-24-8-3-2-4-9-24)22-20(14)21(26)19(27-22)12-15-6-5-7-16(23)11-15/h5-7,10-12,25H,2-4,8-9,13H2,1H3/b19-12-. The average molecular weight is 384 g/mol. The Morgan fingerprint density at radius 1 is 1.22 bits per heavy atom. The summed E-state index contributed by atoms with van der Waals surface area (Å²) in [5.74, 6) is 0.799. The number of phenolic OH excluding ortho intramolecular Hbond substituents is 1. The summed E-state index contributed by atoms with van der Waals surface area (Å²) in [6, 6.07) is 8.95. The first-order chi connectivity index (χ1) is 13.0. The fraction of sp³-hybridized carbons (Fsp3) is 0.318. The van der Waals surface area contributed by atoms with Crippen molar-refractivity contribution in [1.29, 1.82) is 0 Å². The molecule has 2 aliphatic heterocycles. The zero-order valence-corrected chi connectivity index (χ0v) is 16.1. The quantitative estimate of drug-likeness (QED) is 0.761. The van der Waals surface area contributed by atoms with Gasteiger partial charge >= 0.3 is 0 Å². The molecule has 27 heavy (non-hydrogen) atoms. The fourth-order valence-electron chi connectivity index (χ4n) is 3.82. The lowest BCUT2D eigenvalue weighted by atomic mass is 9.98. The van der Waals surface area contributed by atoms with Crippen LogP contribution in [0.25, 0.3) is 6.08 Å². The lowest BCUT2D eigenvalue weighted by molar-refractivity contribution is 0.101. The number of allylic oxidation sites excluding steroid dienone is 1. The monoisotopic (exact) mass is 383 g/mol. The number of hydrogen-bond acceptors (Lipinski definition) is 4. The Morgan fingerprint density at radius 2 is 2.00 bits per heavy atom. The first-order valence-electron chi connectivity index (χ1n) is 9.30. The van der Waals surface area contributed by atoms with Crippen molar-refractivity contribution >= 4 is 23.5 Å². The Kier molecular flexibility index (Phi) is 4.94. The number of fused-ring (bicyclic) bond motifs is 1. The van der Waals surface area contributed by atoms with Crippen molar-refractivity contribution in [2.24, 2.45) is 0 Å². The molecule has 5 heteroatoms. The number of aryl methyl sites for hydroxylation is 1. The van der Waals surface area contributed by atoms with Gasteiger partial charge in [-0.1, -0.05) is 30.2 Å². The predicted octanol–water partition coefficient (Wildman–Crippen LogP) is 4.96. The fourth-order valence-corrected chi connectivity index (χ4v) is 4.02. The minimum Gasteiger partial charge on any atom is -0.507 e. The van der Waals surface area contributed by atoms with E-state index < -0.39 is 0 Å². The number of ether oxygens (including phenoxy) is 1. The number of halogens is 1. The molecule has 0 unspecified atom stereocenters. The van der Waals surface area contributed by atoms with Crippen LogP contribution in [0.1, 0.15) is 46.3 Å². The highest BCUT2D eigenvalue weighted by Crippen LogP contribution is 2.42. The van der Waals surface area contributed by atoms with E-state index in [2.05, 4.69) is 4.90 Å². The number of ketones is 1. The zero-order valence-electron chi connectivity index (χ0n) is 15.3. The van der Waals surface area contributed by atoms with E-state index >= 15 is 0 Å². The van der Waals surface area contributed by atoms with E-state index in [0.717, 1.165) is 37.1 Å². The highest BCUT2D eigenvalue weighted by Gasteiger charge is 2.33. The lowest BCUT2D eigenvalue weighted by Crippen LogP contribution is -2.29. The van der Waals surface area contributed by atoms with E-state index in [9.17, 15) is 9.90 Å². The topological polar surface area (TPSA) is 49.8 Å². The minimum atomic E-state index is -0.151. The first kappa shape index (κ1) is 18.1. The number of nitrogens with zero attached hydrogens (tertiary/aromatic N) is 1. The third-order valence-corrected chi connectivity index (χ3v) is 5.43. The second-order valence-corrected chi connectivity index (χ2v) is 7.66. The molecular weight excluding hydrogens is 362 g/mol. The van der Waals surface area contributed by atoms with Crippen molar-refractivity contribution in [2.45, 2.75) is 32.7 Å². The van der Waals surface area contributed by atoms with Crippen LogP contribution in [0.2, 0.25) is 5.02 Å². The Morgan fingerprint density at radius 3 is 2.74 bits per heavy atom. The number of rotatable bonds is 3. The molecule has 0 atom stereocenters. The largest absolute Gasteiger partial charge is 0.507 e. The van der Waals surface area contributed by atoms with Gasteiger partial charge in [0.15, 0.2) is 5.76 Å². The van der Waals surface area contributed by atoms with Crippen molar-refractivity contribution in [3.05, 3.63) is 63.4 Å². The molecule has 2 aliphatic rings. The maximum absolute atomic E-state index is 12.9.